The van der Waals surface area contributed by atoms with Crippen molar-refractivity contribution in [2.24, 2.45) is 11.3 Å². The maximum absolute atomic E-state index is 11.0. The fourth-order valence-electron chi connectivity index (χ4n) is 3.50. The first-order valence-electron chi connectivity index (χ1n) is 6.65. The van der Waals surface area contributed by atoms with E-state index in [4.69, 9.17) is 5.11 Å². The molecule has 0 saturated heterocycles. The molecule has 100 valence electrons. The minimum atomic E-state index is -0.891. The molecule has 0 aliphatic heterocycles. The van der Waals surface area contributed by atoms with Gasteiger partial charge in [-0.15, -0.1) is 0 Å². The minimum absolute atomic E-state index is 0.0332. The maximum Gasteiger partial charge on any atom is 0.331 e. The summed E-state index contributed by atoms with van der Waals surface area (Å²) in [6.45, 7) is 7.93. The number of carbonyl (C=O) groups is 1. The fraction of sp³-hybridized carbons (Fsp3) is 0.667. The summed E-state index contributed by atoms with van der Waals surface area (Å²) < 4.78 is 0. The molecule has 3 atom stereocenters. The first kappa shape index (κ1) is 13.3. The van der Waals surface area contributed by atoms with Crippen LogP contribution in [0.2, 0.25) is 0 Å². The van der Waals surface area contributed by atoms with E-state index < -0.39 is 5.97 Å². The zero-order valence-electron chi connectivity index (χ0n) is 11.2. The molecule has 3 heteroatoms. The van der Waals surface area contributed by atoms with E-state index in [1.807, 2.05) is 6.92 Å². The van der Waals surface area contributed by atoms with Gasteiger partial charge in [0.1, 0.15) is 0 Å². The van der Waals surface area contributed by atoms with Crippen molar-refractivity contribution < 1.29 is 15.0 Å². The van der Waals surface area contributed by atoms with Crippen molar-refractivity contribution in [1.82, 2.24) is 0 Å². The number of carboxylic acid groups (broad SMARTS) is 1. The fourth-order valence-corrected chi connectivity index (χ4v) is 3.50. The molecule has 0 aromatic carbocycles. The van der Waals surface area contributed by atoms with Gasteiger partial charge in [0.05, 0.1) is 6.10 Å². The lowest BCUT2D eigenvalue weighted by atomic mass is 9.60. The van der Waals surface area contributed by atoms with Gasteiger partial charge < -0.3 is 10.2 Å². The van der Waals surface area contributed by atoms with Crippen LogP contribution >= 0.6 is 0 Å². The van der Waals surface area contributed by atoms with Gasteiger partial charge in [0.15, 0.2) is 0 Å². The third-order valence-electron chi connectivity index (χ3n) is 4.94. The molecule has 2 rings (SSSR count). The number of hydrogen-bond donors (Lipinski definition) is 2. The molecular weight excluding hydrogens is 228 g/mol. The second-order valence-electron chi connectivity index (χ2n) is 6.05. The number of fused-ring (bicyclic) bond motifs is 1. The number of allylic oxidation sites excluding steroid dienone is 1. The second-order valence-corrected chi connectivity index (χ2v) is 6.05. The zero-order chi connectivity index (χ0) is 13.5. The zero-order valence-corrected chi connectivity index (χ0v) is 11.2. The molecule has 2 aliphatic rings. The molecule has 3 unspecified atom stereocenters. The summed E-state index contributed by atoms with van der Waals surface area (Å²) in [5.74, 6) is -0.857. The third kappa shape index (κ3) is 2.12. The molecule has 0 radical (unpaired) electrons. The quantitative estimate of drug-likeness (QED) is 0.585. The van der Waals surface area contributed by atoms with Gasteiger partial charge in [-0.25, -0.2) is 4.79 Å². The lowest BCUT2D eigenvalue weighted by Crippen LogP contribution is -2.35. The number of rotatable bonds is 2. The van der Waals surface area contributed by atoms with Crippen LogP contribution in [0.15, 0.2) is 23.3 Å². The SMILES string of the molecule is C=C(C(=O)O)C1CCC2(C)CCC(O)C(C)=C2C1. The average molecular weight is 250 g/mol. The molecular formula is C15H22O3. The predicted molar refractivity (Wildman–Crippen MR) is 70.2 cm³/mol. The minimum Gasteiger partial charge on any atom is -0.478 e. The second kappa shape index (κ2) is 4.54. The van der Waals surface area contributed by atoms with E-state index >= 15 is 0 Å². The molecule has 1 saturated carbocycles. The lowest BCUT2D eigenvalue weighted by molar-refractivity contribution is -0.133. The Balaban J connectivity index is 2.27. The van der Waals surface area contributed by atoms with Gasteiger partial charge in [-0.3, -0.25) is 0 Å². The highest BCUT2D eigenvalue weighted by Gasteiger charge is 2.41. The predicted octanol–water partition coefficient (Wildman–Crippen LogP) is 2.90. The van der Waals surface area contributed by atoms with Crippen LogP contribution in [0.25, 0.3) is 0 Å². The van der Waals surface area contributed by atoms with Gasteiger partial charge in [-0.05, 0) is 55.9 Å². The number of aliphatic hydroxyl groups excluding tert-OH is 1. The van der Waals surface area contributed by atoms with E-state index in [2.05, 4.69) is 13.5 Å². The van der Waals surface area contributed by atoms with E-state index in [0.717, 1.165) is 37.7 Å². The van der Waals surface area contributed by atoms with Gasteiger partial charge in [0, 0.05) is 5.57 Å². The van der Waals surface area contributed by atoms with Crippen molar-refractivity contribution in [2.75, 3.05) is 0 Å². The van der Waals surface area contributed by atoms with E-state index in [1.54, 1.807) is 0 Å². The highest BCUT2D eigenvalue weighted by atomic mass is 16.4. The van der Waals surface area contributed by atoms with E-state index in [0.29, 0.717) is 5.57 Å². The monoisotopic (exact) mass is 250 g/mol. The molecule has 2 N–H and O–H groups in total. The van der Waals surface area contributed by atoms with Crippen LogP contribution in [0.5, 0.6) is 0 Å². The van der Waals surface area contributed by atoms with E-state index in [9.17, 15) is 9.90 Å². The summed E-state index contributed by atoms with van der Waals surface area (Å²) in [5.41, 5.74) is 2.82. The summed E-state index contributed by atoms with van der Waals surface area (Å²) in [4.78, 5) is 11.0. The molecule has 0 bridgehead atoms. The van der Waals surface area contributed by atoms with Gasteiger partial charge >= 0.3 is 5.97 Å². The summed E-state index contributed by atoms with van der Waals surface area (Å²) in [5, 5.41) is 19.0. The Morgan fingerprint density at radius 2 is 2.00 bits per heavy atom. The van der Waals surface area contributed by atoms with Crippen LogP contribution in [0.3, 0.4) is 0 Å². The summed E-state index contributed by atoms with van der Waals surface area (Å²) >= 11 is 0. The van der Waals surface area contributed by atoms with Crippen molar-refractivity contribution in [3.8, 4) is 0 Å². The number of aliphatic hydroxyl groups is 1. The highest BCUT2D eigenvalue weighted by Crippen LogP contribution is 2.52. The average Bonchev–Trinajstić information content (AvgIpc) is 2.33. The Hall–Kier alpha value is -1.09. The van der Waals surface area contributed by atoms with Gasteiger partial charge in [0.2, 0.25) is 0 Å². The maximum atomic E-state index is 11.0. The lowest BCUT2D eigenvalue weighted by Gasteiger charge is -2.45. The van der Waals surface area contributed by atoms with Crippen LogP contribution < -0.4 is 0 Å². The summed E-state index contributed by atoms with van der Waals surface area (Å²) in [6.07, 6.45) is 4.15. The number of carboxylic acids is 1. The highest BCUT2D eigenvalue weighted by molar-refractivity contribution is 5.86. The van der Waals surface area contributed by atoms with Crippen LogP contribution in [-0.2, 0) is 4.79 Å². The normalized spacial score (nSPS) is 36.2. The topological polar surface area (TPSA) is 57.5 Å². The Labute approximate surface area is 108 Å². The van der Waals surface area contributed by atoms with Crippen LogP contribution in [0.4, 0.5) is 0 Å². The van der Waals surface area contributed by atoms with Crippen molar-refractivity contribution in [3.05, 3.63) is 23.3 Å². The Bertz CT molecular complexity index is 421. The Morgan fingerprint density at radius 3 is 2.61 bits per heavy atom. The smallest absolute Gasteiger partial charge is 0.331 e. The van der Waals surface area contributed by atoms with Crippen molar-refractivity contribution in [2.45, 2.75) is 52.1 Å². The summed E-state index contributed by atoms with van der Waals surface area (Å²) in [7, 11) is 0. The Kier molecular flexibility index (Phi) is 3.37. The first-order chi connectivity index (χ1) is 8.35. The van der Waals surface area contributed by atoms with Crippen LogP contribution in [0.1, 0.15) is 46.0 Å². The standard InChI is InChI=1S/C15H22O3/c1-9(14(17)18)11-4-6-15(3)7-5-13(16)10(2)12(15)8-11/h11,13,16H,1,4-8H2,2-3H3,(H,17,18). The van der Waals surface area contributed by atoms with Crippen LogP contribution in [0, 0.1) is 11.3 Å². The van der Waals surface area contributed by atoms with Crippen molar-refractivity contribution in [3.63, 3.8) is 0 Å². The number of hydrogen-bond acceptors (Lipinski definition) is 2. The largest absolute Gasteiger partial charge is 0.478 e. The first-order valence-corrected chi connectivity index (χ1v) is 6.65. The molecule has 1 fully saturated rings. The van der Waals surface area contributed by atoms with Gasteiger partial charge in [0.25, 0.3) is 0 Å². The molecule has 0 spiro atoms. The molecule has 0 amide bonds. The Morgan fingerprint density at radius 1 is 1.39 bits per heavy atom. The summed E-state index contributed by atoms with van der Waals surface area (Å²) in [6, 6.07) is 0. The van der Waals surface area contributed by atoms with E-state index in [1.165, 1.54) is 5.57 Å². The van der Waals surface area contributed by atoms with E-state index in [-0.39, 0.29) is 17.4 Å². The molecule has 0 aromatic rings. The molecule has 0 heterocycles. The van der Waals surface area contributed by atoms with Gasteiger partial charge in [-0.1, -0.05) is 19.1 Å². The van der Waals surface area contributed by atoms with Crippen molar-refractivity contribution >= 4 is 5.97 Å². The van der Waals surface area contributed by atoms with Crippen LogP contribution in [-0.4, -0.2) is 22.3 Å². The van der Waals surface area contributed by atoms with Gasteiger partial charge in [-0.2, -0.15) is 0 Å². The molecule has 0 aromatic heterocycles. The third-order valence-corrected chi connectivity index (χ3v) is 4.94. The molecule has 2 aliphatic carbocycles. The molecule has 3 nitrogen and oxygen atoms in total. The van der Waals surface area contributed by atoms with Crippen molar-refractivity contribution in [1.29, 1.82) is 0 Å². The number of aliphatic carboxylic acids is 1. The molecule has 18 heavy (non-hydrogen) atoms.